The predicted molar refractivity (Wildman–Crippen MR) is 91.5 cm³/mol. The van der Waals surface area contributed by atoms with Crippen LogP contribution in [-0.2, 0) is 4.74 Å². The fourth-order valence-electron chi connectivity index (χ4n) is 2.71. The molecule has 1 aromatic rings. The van der Waals surface area contributed by atoms with Gasteiger partial charge in [0.1, 0.15) is 11.4 Å². The standard InChI is InChI=1S/C16H19Cl2N3O2/c1-16(2,3)23-15(22)21-7-12-13(8-21)20-14(19-12)9-4-5-10(17)11(18)6-9/h4-6,12-13H,7-8H2,1-3H3,(H,19,20)/t12-,13+. The Labute approximate surface area is 145 Å². The molecule has 0 bridgehead atoms. The monoisotopic (exact) mass is 355 g/mol. The molecule has 1 amide bonds. The normalized spacial score (nSPS) is 23.3. The van der Waals surface area contributed by atoms with Crippen molar-refractivity contribution in [3.05, 3.63) is 33.8 Å². The zero-order valence-corrected chi connectivity index (χ0v) is 14.8. The van der Waals surface area contributed by atoms with Crippen LogP contribution in [0.3, 0.4) is 0 Å². The van der Waals surface area contributed by atoms with Crippen molar-refractivity contribution in [1.82, 2.24) is 10.2 Å². The van der Waals surface area contributed by atoms with E-state index in [9.17, 15) is 4.79 Å². The summed E-state index contributed by atoms with van der Waals surface area (Å²) in [5.41, 5.74) is 0.411. The highest BCUT2D eigenvalue weighted by Gasteiger charge is 2.41. The second-order valence-corrected chi connectivity index (χ2v) is 7.62. The SMILES string of the molecule is CC(C)(C)OC(=O)N1C[C@@H]2N=C(c3ccc(Cl)c(Cl)c3)N[C@@H]2C1. The number of benzene rings is 1. The molecule has 2 atom stereocenters. The van der Waals surface area contributed by atoms with Gasteiger partial charge in [0.15, 0.2) is 0 Å². The highest BCUT2D eigenvalue weighted by molar-refractivity contribution is 6.42. The van der Waals surface area contributed by atoms with Crippen molar-refractivity contribution in [3.8, 4) is 0 Å². The van der Waals surface area contributed by atoms with Crippen molar-refractivity contribution in [1.29, 1.82) is 0 Å². The van der Waals surface area contributed by atoms with E-state index in [2.05, 4.69) is 10.3 Å². The van der Waals surface area contributed by atoms with Crippen molar-refractivity contribution in [3.63, 3.8) is 0 Å². The number of amidine groups is 1. The molecule has 1 fully saturated rings. The Kier molecular flexibility index (Phi) is 4.19. The zero-order valence-electron chi connectivity index (χ0n) is 13.3. The third kappa shape index (κ3) is 3.56. The van der Waals surface area contributed by atoms with Gasteiger partial charge in [-0.15, -0.1) is 0 Å². The highest BCUT2D eigenvalue weighted by atomic mass is 35.5. The van der Waals surface area contributed by atoms with Crippen molar-refractivity contribution >= 4 is 35.1 Å². The van der Waals surface area contributed by atoms with Crippen LogP contribution in [0.15, 0.2) is 23.2 Å². The number of carbonyl (C=O) groups is 1. The maximum atomic E-state index is 12.1. The minimum absolute atomic E-state index is 0.0342. The van der Waals surface area contributed by atoms with E-state index in [-0.39, 0.29) is 18.2 Å². The molecule has 2 aliphatic rings. The van der Waals surface area contributed by atoms with Gasteiger partial charge in [0.05, 0.1) is 22.1 Å². The van der Waals surface area contributed by atoms with Gasteiger partial charge in [0.2, 0.25) is 0 Å². The third-order valence-electron chi connectivity index (χ3n) is 3.75. The van der Waals surface area contributed by atoms with Crippen LogP contribution >= 0.6 is 23.2 Å². The molecule has 5 nitrogen and oxygen atoms in total. The number of fused-ring (bicyclic) bond motifs is 1. The van der Waals surface area contributed by atoms with Gasteiger partial charge >= 0.3 is 6.09 Å². The summed E-state index contributed by atoms with van der Waals surface area (Å²) in [6, 6.07) is 5.57. The first-order chi connectivity index (χ1) is 10.7. The molecule has 0 spiro atoms. The molecule has 0 saturated carbocycles. The van der Waals surface area contributed by atoms with E-state index < -0.39 is 5.60 Å². The number of likely N-dealkylation sites (tertiary alicyclic amines) is 1. The van der Waals surface area contributed by atoms with Crippen LogP contribution in [0.2, 0.25) is 10.0 Å². The molecule has 124 valence electrons. The average Bonchev–Trinajstić information content (AvgIpc) is 2.98. The van der Waals surface area contributed by atoms with Gasteiger partial charge in [-0.3, -0.25) is 4.99 Å². The molecule has 2 aliphatic heterocycles. The summed E-state index contributed by atoms with van der Waals surface area (Å²) >= 11 is 12.0. The lowest BCUT2D eigenvalue weighted by molar-refractivity contribution is 0.0289. The van der Waals surface area contributed by atoms with E-state index in [1.807, 2.05) is 26.8 Å². The minimum Gasteiger partial charge on any atom is -0.444 e. The van der Waals surface area contributed by atoms with Gasteiger partial charge in [-0.1, -0.05) is 23.2 Å². The van der Waals surface area contributed by atoms with Crippen LogP contribution in [0.4, 0.5) is 4.79 Å². The summed E-state index contributed by atoms with van der Waals surface area (Å²) in [4.78, 5) is 18.5. The van der Waals surface area contributed by atoms with Crippen molar-refractivity contribution in [2.24, 2.45) is 4.99 Å². The number of hydrogen-bond acceptors (Lipinski definition) is 4. The lowest BCUT2D eigenvalue weighted by atomic mass is 10.2. The Balaban J connectivity index is 1.68. The summed E-state index contributed by atoms with van der Waals surface area (Å²) in [5.74, 6) is 0.794. The van der Waals surface area contributed by atoms with Crippen molar-refractivity contribution in [2.75, 3.05) is 13.1 Å². The van der Waals surface area contributed by atoms with Crippen molar-refractivity contribution < 1.29 is 9.53 Å². The Bertz CT molecular complexity index is 670. The molecule has 1 N–H and O–H groups in total. The van der Waals surface area contributed by atoms with Crippen LogP contribution in [-0.4, -0.2) is 47.6 Å². The maximum Gasteiger partial charge on any atom is 0.410 e. The number of aliphatic imine (C=N–C) groups is 1. The quantitative estimate of drug-likeness (QED) is 0.840. The molecule has 1 saturated heterocycles. The Morgan fingerprint density at radius 2 is 2.04 bits per heavy atom. The Hall–Kier alpha value is -1.46. The molecule has 0 aromatic heterocycles. The van der Waals surface area contributed by atoms with E-state index >= 15 is 0 Å². The maximum absolute atomic E-state index is 12.1. The second kappa shape index (κ2) is 5.87. The number of carbonyl (C=O) groups excluding carboxylic acids is 1. The summed E-state index contributed by atoms with van der Waals surface area (Å²) in [6.07, 6.45) is -0.292. The fraction of sp³-hybridized carbons (Fsp3) is 0.500. The van der Waals surface area contributed by atoms with E-state index in [0.717, 1.165) is 11.4 Å². The van der Waals surface area contributed by atoms with Gasteiger partial charge in [0.25, 0.3) is 0 Å². The minimum atomic E-state index is -0.489. The van der Waals surface area contributed by atoms with E-state index in [4.69, 9.17) is 27.9 Å². The van der Waals surface area contributed by atoms with E-state index in [0.29, 0.717) is 23.1 Å². The lowest BCUT2D eigenvalue weighted by Gasteiger charge is -2.24. The average molecular weight is 356 g/mol. The molecule has 2 heterocycles. The largest absolute Gasteiger partial charge is 0.444 e. The topological polar surface area (TPSA) is 53.9 Å². The number of rotatable bonds is 1. The summed E-state index contributed by atoms with van der Waals surface area (Å²) in [7, 11) is 0. The smallest absolute Gasteiger partial charge is 0.410 e. The first kappa shape index (κ1) is 16.4. The van der Waals surface area contributed by atoms with Crippen LogP contribution in [0.25, 0.3) is 0 Å². The predicted octanol–water partition coefficient (Wildman–Crippen LogP) is 3.33. The Morgan fingerprint density at radius 3 is 2.65 bits per heavy atom. The molecule has 0 radical (unpaired) electrons. The molecule has 0 unspecified atom stereocenters. The van der Waals surface area contributed by atoms with Crippen molar-refractivity contribution in [2.45, 2.75) is 38.5 Å². The number of halogens is 2. The highest BCUT2D eigenvalue weighted by Crippen LogP contribution is 2.26. The molecule has 0 aliphatic carbocycles. The van der Waals surface area contributed by atoms with Crippen LogP contribution in [0, 0.1) is 0 Å². The van der Waals surface area contributed by atoms with E-state index in [1.54, 1.807) is 17.0 Å². The molecular weight excluding hydrogens is 337 g/mol. The first-order valence-electron chi connectivity index (χ1n) is 7.50. The van der Waals surface area contributed by atoms with Gasteiger partial charge in [-0.05, 0) is 39.0 Å². The fourth-order valence-corrected chi connectivity index (χ4v) is 3.01. The van der Waals surface area contributed by atoms with Gasteiger partial charge in [-0.25, -0.2) is 4.79 Å². The van der Waals surface area contributed by atoms with Gasteiger partial charge in [0, 0.05) is 18.7 Å². The Morgan fingerprint density at radius 1 is 1.30 bits per heavy atom. The second-order valence-electron chi connectivity index (χ2n) is 6.81. The van der Waals surface area contributed by atoms with E-state index in [1.165, 1.54) is 0 Å². The first-order valence-corrected chi connectivity index (χ1v) is 8.26. The number of nitrogens with zero attached hydrogens (tertiary/aromatic N) is 2. The van der Waals surface area contributed by atoms with Gasteiger partial charge < -0.3 is 15.0 Å². The summed E-state index contributed by atoms with van der Waals surface area (Å²) < 4.78 is 5.41. The molecule has 23 heavy (non-hydrogen) atoms. The number of hydrogen-bond donors (Lipinski definition) is 1. The van der Waals surface area contributed by atoms with Crippen LogP contribution < -0.4 is 5.32 Å². The zero-order chi connectivity index (χ0) is 16.8. The van der Waals surface area contributed by atoms with Crippen LogP contribution in [0.1, 0.15) is 26.3 Å². The number of ether oxygens (including phenoxy) is 1. The number of nitrogens with one attached hydrogen (secondary N) is 1. The van der Waals surface area contributed by atoms with Gasteiger partial charge in [-0.2, -0.15) is 0 Å². The summed E-state index contributed by atoms with van der Waals surface area (Å²) in [6.45, 7) is 6.72. The summed E-state index contributed by atoms with van der Waals surface area (Å²) in [5, 5.41) is 4.38. The third-order valence-corrected chi connectivity index (χ3v) is 4.49. The molecular formula is C16H19Cl2N3O2. The molecule has 1 aromatic carbocycles. The molecule has 7 heteroatoms. The number of amides is 1. The lowest BCUT2D eigenvalue weighted by Crippen LogP contribution is -2.39. The van der Waals surface area contributed by atoms with Crippen LogP contribution in [0.5, 0.6) is 0 Å². The molecule has 3 rings (SSSR count).